The van der Waals surface area contributed by atoms with Crippen molar-refractivity contribution in [1.29, 1.82) is 0 Å². The van der Waals surface area contributed by atoms with Gasteiger partial charge < -0.3 is 28.6 Å². The minimum absolute atomic E-state index is 0.236. The molecule has 0 N–H and O–H groups in total. The average molecular weight is 1110 g/mol. The van der Waals surface area contributed by atoms with Gasteiger partial charge in [0.05, 0.1) is 39.1 Å². The summed E-state index contributed by atoms with van der Waals surface area (Å²) in [5.41, 5.74) is 25.6. The quantitative estimate of drug-likeness (QED) is 0.161. The predicted octanol–water partition coefficient (Wildman–Crippen LogP) is 15.9. The standard InChI is InChI=1S/C76H51B2F2N5O/c1-44-19-15-27-53-54-28-16-20-45(2)74(54)83(73(44)53)51-38-66-71-67(39-51)85(63-36-35-48(79)37-61(63)80)62-33-13-11-31-57(62)77(71)59-42-60-65(43-64(59)81(66)49-23-7-5-8-24-49)82(50-25-9-6-10-26-50)68-40-52(41-70-72(68)78(60)58-32-12-14-34-69(58)86-70)84-75-46(3)21-17-29-55(75)56-30-18-22-47(4)76(56)84/h5-43H,1-4H3. The molecule has 4 aliphatic rings. The molecule has 0 spiro atoms. The minimum atomic E-state index is -0.647. The molecule has 0 bridgehead atoms. The zero-order chi connectivity index (χ0) is 57.4. The lowest BCUT2D eigenvalue weighted by Gasteiger charge is -2.46. The molecule has 0 aliphatic carbocycles. The molecule has 14 aromatic rings. The fraction of sp³-hybridized carbons (Fsp3) is 0.0526. The molecular formula is C76H51B2F2N5O. The van der Waals surface area contributed by atoms with Gasteiger partial charge in [-0.05, 0) is 156 Å². The van der Waals surface area contributed by atoms with Crippen molar-refractivity contribution in [2.45, 2.75) is 27.7 Å². The SMILES string of the molecule is Cc1cccc2c3cccc(C)c3n(-c3cc4c5c(c3)N(c3ccccc3)c3cc6c(cc3B5c3ccccc3O4)B3c4ccccc4N(c4ccc(F)cc4F)c4cc(-n5c7c(C)cccc7c7cccc(C)c75)cc(c43)N6c3ccccc3)c12. The van der Waals surface area contributed by atoms with Crippen LogP contribution in [0.3, 0.4) is 0 Å². The third-order valence-corrected chi connectivity index (χ3v) is 18.9. The lowest BCUT2D eigenvalue weighted by atomic mass is 9.30. The van der Waals surface area contributed by atoms with Crippen LogP contribution in [0.25, 0.3) is 55.0 Å². The number of ether oxygens (including phenoxy) is 1. The Bertz CT molecular complexity index is 5170. The third kappa shape index (κ3) is 6.66. The van der Waals surface area contributed by atoms with Gasteiger partial charge in [-0.2, -0.15) is 0 Å². The Hall–Kier alpha value is -10.6. The molecule has 12 aromatic carbocycles. The smallest absolute Gasteiger partial charge is 0.256 e. The first-order chi connectivity index (χ1) is 42.2. The first-order valence-corrected chi connectivity index (χ1v) is 29.5. The Kier molecular flexibility index (Phi) is 10.2. The summed E-state index contributed by atoms with van der Waals surface area (Å²) < 4.78 is 44.4. The van der Waals surface area contributed by atoms with E-state index < -0.39 is 11.6 Å². The van der Waals surface area contributed by atoms with Crippen LogP contribution in [0.2, 0.25) is 0 Å². The van der Waals surface area contributed by atoms with E-state index in [4.69, 9.17) is 4.74 Å². The van der Waals surface area contributed by atoms with E-state index in [-0.39, 0.29) is 19.1 Å². The van der Waals surface area contributed by atoms with E-state index in [2.05, 4.69) is 259 Å². The molecule has 2 aromatic heterocycles. The van der Waals surface area contributed by atoms with Crippen LogP contribution in [0.15, 0.2) is 237 Å². The summed E-state index contributed by atoms with van der Waals surface area (Å²) in [7, 11) is 0. The van der Waals surface area contributed by atoms with Crippen molar-refractivity contribution >= 4 is 141 Å². The van der Waals surface area contributed by atoms with Gasteiger partial charge in [0.2, 0.25) is 0 Å². The second-order valence-corrected chi connectivity index (χ2v) is 23.6. The third-order valence-electron chi connectivity index (χ3n) is 18.9. The van der Waals surface area contributed by atoms with Crippen molar-refractivity contribution in [3.63, 3.8) is 0 Å². The number of aryl methyl sites for hydroxylation is 4. The fourth-order valence-electron chi connectivity index (χ4n) is 15.4. The number of hydrogen-bond acceptors (Lipinski definition) is 4. The van der Waals surface area contributed by atoms with E-state index in [0.29, 0.717) is 0 Å². The van der Waals surface area contributed by atoms with E-state index in [1.165, 1.54) is 39.0 Å². The van der Waals surface area contributed by atoms with Gasteiger partial charge >= 0.3 is 0 Å². The molecule has 6 heterocycles. The maximum atomic E-state index is 17.1. The fourth-order valence-corrected chi connectivity index (χ4v) is 15.4. The van der Waals surface area contributed by atoms with E-state index in [1.807, 2.05) is 11.0 Å². The Labute approximate surface area is 496 Å². The van der Waals surface area contributed by atoms with Gasteiger partial charge in [-0.1, -0.05) is 152 Å². The summed E-state index contributed by atoms with van der Waals surface area (Å²) in [4.78, 5) is 6.95. The molecule has 0 atom stereocenters. The normalized spacial score (nSPS) is 13.4. The molecule has 0 radical (unpaired) electrons. The average Bonchev–Trinajstić information content (AvgIpc) is 0.806. The van der Waals surface area contributed by atoms with E-state index in [0.717, 1.165) is 140 Å². The Morgan fingerprint density at radius 3 is 1.29 bits per heavy atom. The van der Waals surface area contributed by atoms with Crippen molar-refractivity contribution in [2.24, 2.45) is 0 Å². The van der Waals surface area contributed by atoms with E-state index >= 15 is 8.78 Å². The molecule has 6 nitrogen and oxygen atoms in total. The highest BCUT2D eigenvalue weighted by Crippen LogP contribution is 2.50. The Balaban J connectivity index is 0.976. The van der Waals surface area contributed by atoms with Crippen molar-refractivity contribution in [3.8, 4) is 22.9 Å². The van der Waals surface area contributed by atoms with Crippen LogP contribution in [-0.2, 0) is 0 Å². The number of rotatable bonds is 5. The van der Waals surface area contributed by atoms with Gasteiger partial charge in [-0.15, -0.1) is 0 Å². The second-order valence-electron chi connectivity index (χ2n) is 23.6. The molecule has 0 saturated carbocycles. The number of benzene rings is 12. The van der Waals surface area contributed by atoms with Crippen molar-refractivity contribution in [2.75, 3.05) is 14.7 Å². The molecule has 86 heavy (non-hydrogen) atoms. The summed E-state index contributed by atoms with van der Waals surface area (Å²) in [6.07, 6.45) is 0. The Morgan fingerprint density at radius 1 is 0.302 bits per heavy atom. The highest BCUT2D eigenvalue weighted by Gasteiger charge is 2.48. The molecule has 0 fully saturated rings. The first-order valence-electron chi connectivity index (χ1n) is 29.5. The number of para-hydroxylation sites is 8. The monoisotopic (exact) mass is 1110 g/mol. The van der Waals surface area contributed by atoms with Gasteiger partial charge in [0, 0.05) is 79.2 Å². The molecule has 10 heteroatoms. The number of anilines is 9. The van der Waals surface area contributed by atoms with Gasteiger partial charge in [-0.25, -0.2) is 8.78 Å². The maximum absolute atomic E-state index is 17.1. The van der Waals surface area contributed by atoms with E-state index in [9.17, 15) is 0 Å². The predicted molar refractivity (Wildman–Crippen MR) is 354 cm³/mol. The summed E-state index contributed by atoms with van der Waals surface area (Å²) >= 11 is 0. The van der Waals surface area contributed by atoms with Crippen LogP contribution in [0, 0.1) is 39.3 Å². The summed E-state index contributed by atoms with van der Waals surface area (Å²) in [5.74, 6) is 0.351. The zero-order valence-electron chi connectivity index (χ0n) is 47.6. The van der Waals surface area contributed by atoms with Crippen LogP contribution in [0.4, 0.5) is 60.0 Å². The highest BCUT2D eigenvalue weighted by molar-refractivity contribution is 7.02. The highest BCUT2D eigenvalue weighted by atomic mass is 19.1. The Morgan fingerprint density at radius 2 is 0.756 bits per heavy atom. The van der Waals surface area contributed by atoms with Crippen LogP contribution in [0.1, 0.15) is 22.3 Å². The molecule has 0 unspecified atom stereocenters. The van der Waals surface area contributed by atoms with Crippen molar-refractivity contribution in [3.05, 3.63) is 270 Å². The second kappa shape index (κ2) is 18.0. The number of fused-ring (bicyclic) bond motifs is 14. The number of nitrogens with zero attached hydrogens (tertiary/aromatic N) is 5. The van der Waals surface area contributed by atoms with Gasteiger partial charge in [0.25, 0.3) is 13.4 Å². The van der Waals surface area contributed by atoms with Crippen LogP contribution in [0.5, 0.6) is 11.5 Å². The maximum Gasteiger partial charge on any atom is 0.256 e. The summed E-state index contributed by atoms with van der Waals surface area (Å²) in [5, 5.41) is 4.73. The van der Waals surface area contributed by atoms with Crippen molar-refractivity contribution in [1.82, 2.24) is 9.13 Å². The molecular weight excluding hydrogens is 1060 g/mol. The lowest BCUT2D eigenvalue weighted by molar-refractivity contribution is 0.487. The zero-order valence-corrected chi connectivity index (χ0v) is 47.6. The number of hydrogen-bond donors (Lipinski definition) is 0. The molecule has 406 valence electrons. The van der Waals surface area contributed by atoms with Crippen LogP contribution >= 0.6 is 0 Å². The number of halogens is 2. The van der Waals surface area contributed by atoms with Gasteiger partial charge in [-0.3, -0.25) is 0 Å². The van der Waals surface area contributed by atoms with Gasteiger partial charge in [0.15, 0.2) is 0 Å². The molecule has 4 aliphatic heterocycles. The van der Waals surface area contributed by atoms with E-state index in [1.54, 1.807) is 6.07 Å². The van der Waals surface area contributed by atoms with Gasteiger partial charge in [0.1, 0.15) is 23.1 Å². The molecule has 0 amide bonds. The van der Waals surface area contributed by atoms with Crippen LogP contribution in [-0.4, -0.2) is 22.6 Å². The minimum Gasteiger partial charge on any atom is -0.458 e. The largest absolute Gasteiger partial charge is 0.458 e. The number of aromatic nitrogens is 2. The molecule has 0 saturated heterocycles. The lowest BCUT2D eigenvalue weighted by Crippen LogP contribution is -2.64. The molecule has 18 rings (SSSR count). The van der Waals surface area contributed by atoms with Crippen molar-refractivity contribution < 1.29 is 13.5 Å². The van der Waals surface area contributed by atoms with Crippen LogP contribution < -0.4 is 52.2 Å². The summed E-state index contributed by atoms with van der Waals surface area (Å²) in [6.45, 7) is 8.22. The summed E-state index contributed by atoms with van der Waals surface area (Å²) in [6, 6.07) is 82.9. The first kappa shape index (κ1) is 48.9. The topological polar surface area (TPSA) is 28.8 Å².